The lowest BCUT2D eigenvalue weighted by Crippen LogP contribution is -2.15. The summed E-state index contributed by atoms with van der Waals surface area (Å²) in [7, 11) is -2.65. The van der Waals surface area contributed by atoms with Crippen molar-refractivity contribution in [2.24, 2.45) is 0 Å². The SMILES string of the molecule is COP(=O)(O)C1CCOC1=O. The highest BCUT2D eigenvalue weighted by Gasteiger charge is 2.42. The largest absolute Gasteiger partial charge is 0.465 e. The Hall–Kier alpha value is -0.380. The van der Waals surface area contributed by atoms with Gasteiger partial charge in [0, 0.05) is 13.5 Å². The predicted octanol–water partition coefficient (Wildman–Crippen LogP) is 0.134. The fourth-order valence-corrected chi connectivity index (χ4v) is 1.94. The summed E-state index contributed by atoms with van der Waals surface area (Å²) in [6, 6.07) is 0. The van der Waals surface area contributed by atoms with Crippen LogP contribution in [-0.2, 0) is 18.6 Å². The van der Waals surface area contributed by atoms with Gasteiger partial charge in [0.15, 0.2) is 5.66 Å². The summed E-state index contributed by atoms with van der Waals surface area (Å²) in [5.41, 5.74) is -0.979. The Morgan fingerprint density at radius 2 is 2.45 bits per heavy atom. The van der Waals surface area contributed by atoms with E-state index in [0.29, 0.717) is 0 Å². The Bertz CT molecular complexity index is 213. The Balaban J connectivity index is 2.74. The zero-order chi connectivity index (χ0) is 8.48. The van der Waals surface area contributed by atoms with Crippen molar-refractivity contribution in [3.8, 4) is 0 Å². The number of cyclic esters (lactones) is 1. The predicted molar refractivity (Wildman–Crippen MR) is 36.2 cm³/mol. The van der Waals surface area contributed by atoms with Gasteiger partial charge in [-0.2, -0.15) is 0 Å². The zero-order valence-electron chi connectivity index (χ0n) is 6.02. The van der Waals surface area contributed by atoms with Gasteiger partial charge in [0.05, 0.1) is 6.61 Å². The third-order valence-corrected chi connectivity index (χ3v) is 3.34. The van der Waals surface area contributed by atoms with Gasteiger partial charge in [0.1, 0.15) is 0 Å². The number of esters is 1. The molecule has 2 atom stereocenters. The van der Waals surface area contributed by atoms with Crippen LogP contribution in [-0.4, -0.2) is 30.2 Å². The van der Waals surface area contributed by atoms with Crippen LogP contribution >= 0.6 is 7.60 Å². The van der Waals surface area contributed by atoms with E-state index in [2.05, 4.69) is 9.26 Å². The van der Waals surface area contributed by atoms with Gasteiger partial charge in [-0.3, -0.25) is 9.36 Å². The third kappa shape index (κ3) is 1.61. The minimum Gasteiger partial charge on any atom is -0.465 e. The van der Waals surface area contributed by atoms with Crippen molar-refractivity contribution in [3.63, 3.8) is 0 Å². The Kier molecular flexibility index (Phi) is 2.32. The summed E-state index contributed by atoms with van der Waals surface area (Å²) >= 11 is 0. The van der Waals surface area contributed by atoms with E-state index < -0.39 is 19.2 Å². The van der Waals surface area contributed by atoms with Gasteiger partial charge in [-0.1, -0.05) is 0 Å². The molecule has 1 aliphatic rings. The van der Waals surface area contributed by atoms with Crippen LogP contribution in [0, 0.1) is 0 Å². The fourth-order valence-electron chi connectivity index (χ4n) is 0.909. The third-order valence-electron chi connectivity index (χ3n) is 1.56. The molecule has 0 aromatic carbocycles. The van der Waals surface area contributed by atoms with Crippen LogP contribution in [0.3, 0.4) is 0 Å². The van der Waals surface area contributed by atoms with E-state index in [1.165, 1.54) is 0 Å². The maximum atomic E-state index is 11.0. The quantitative estimate of drug-likeness (QED) is 0.483. The highest BCUT2D eigenvalue weighted by atomic mass is 31.2. The number of rotatable bonds is 2. The molecule has 1 rings (SSSR count). The lowest BCUT2D eigenvalue weighted by atomic mass is 10.4. The molecule has 0 bridgehead atoms. The second-order valence-corrected chi connectivity index (χ2v) is 4.34. The van der Waals surface area contributed by atoms with Crippen molar-refractivity contribution in [1.82, 2.24) is 0 Å². The molecule has 5 nitrogen and oxygen atoms in total. The van der Waals surface area contributed by atoms with Gasteiger partial charge in [-0.05, 0) is 0 Å². The van der Waals surface area contributed by atoms with Gasteiger partial charge in [0.25, 0.3) is 0 Å². The van der Waals surface area contributed by atoms with E-state index in [4.69, 9.17) is 4.89 Å². The number of hydrogen-bond donors (Lipinski definition) is 1. The lowest BCUT2D eigenvalue weighted by molar-refractivity contribution is -0.137. The average Bonchev–Trinajstić information content (AvgIpc) is 2.36. The summed E-state index contributed by atoms with van der Waals surface area (Å²) < 4.78 is 19.8. The second kappa shape index (κ2) is 2.93. The molecule has 2 unspecified atom stereocenters. The maximum absolute atomic E-state index is 11.0. The second-order valence-electron chi connectivity index (χ2n) is 2.22. The van der Waals surface area contributed by atoms with Gasteiger partial charge in [-0.25, -0.2) is 0 Å². The molecule has 11 heavy (non-hydrogen) atoms. The van der Waals surface area contributed by atoms with E-state index in [-0.39, 0.29) is 13.0 Å². The molecule has 1 fully saturated rings. The summed E-state index contributed by atoms with van der Waals surface area (Å²) in [5.74, 6) is -0.641. The van der Waals surface area contributed by atoms with Crippen LogP contribution in [0.2, 0.25) is 0 Å². The zero-order valence-corrected chi connectivity index (χ0v) is 6.91. The molecule has 1 aliphatic heterocycles. The van der Waals surface area contributed by atoms with E-state index in [1.807, 2.05) is 0 Å². The van der Waals surface area contributed by atoms with Crippen LogP contribution in [0.4, 0.5) is 0 Å². The fraction of sp³-hybridized carbons (Fsp3) is 0.800. The first-order chi connectivity index (χ1) is 5.08. The van der Waals surface area contributed by atoms with Crippen molar-refractivity contribution in [3.05, 3.63) is 0 Å². The van der Waals surface area contributed by atoms with Crippen molar-refractivity contribution in [2.75, 3.05) is 13.7 Å². The van der Waals surface area contributed by atoms with Crippen molar-refractivity contribution < 1.29 is 23.5 Å². The molecule has 1 saturated heterocycles. The number of carbonyl (C=O) groups is 1. The molecule has 0 spiro atoms. The van der Waals surface area contributed by atoms with Crippen molar-refractivity contribution in [1.29, 1.82) is 0 Å². The van der Waals surface area contributed by atoms with Crippen LogP contribution in [0.5, 0.6) is 0 Å². The minimum absolute atomic E-state index is 0.206. The molecule has 0 radical (unpaired) electrons. The molecule has 0 aromatic heterocycles. The highest BCUT2D eigenvalue weighted by molar-refractivity contribution is 7.54. The standard InChI is InChI=1S/C5H9O5P/c1-9-11(7,8)4-2-3-10-5(4)6/h4H,2-3H2,1H3,(H,7,8). The molecule has 0 saturated carbocycles. The Labute approximate surface area is 63.8 Å². The molecule has 6 heteroatoms. The van der Waals surface area contributed by atoms with Crippen LogP contribution in [0.1, 0.15) is 6.42 Å². The van der Waals surface area contributed by atoms with Crippen LogP contribution < -0.4 is 0 Å². The summed E-state index contributed by atoms with van der Waals surface area (Å²) in [5, 5.41) is 0. The average molecular weight is 180 g/mol. The number of hydrogen-bond acceptors (Lipinski definition) is 4. The normalized spacial score (nSPS) is 29.6. The first-order valence-corrected chi connectivity index (χ1v) is 4.77. The van der Waals surface area contributed by atoms with Crippen molar-refractivity contribution in [2.45, 2.75) is 12.1 Å². The van der Waals surface area contributed by atoms with E-state index in [1.54, 1.807) is 0 Å². The highest BCUT2D eigenvalue weighted by Crippen LogP contribution is 2.50. The summed E-state index contributed by atoms with van der Waals surface area (Å²) in [6.07, 6.45) is 0.264. The Morgan fingerprint density at radius 3 is 2.82 bits per heavy atom. The molecular weight excluding hydrogens is 171 g/mol. The van der Waals surface area contributed by atoms with E-state index in [9.17, 15) is 9.36 Å². The molecule has 1 heterocycles. The smallest absolute Gasteiger partial charge is 0.342 e. The number of carbonyl (C=O) groups excluding carboxylic acids is 1. The minimum atomic E-state index is -3.75. The summed E-state index contributed by atoms with van der Waals surface area (Å²) in [4.78, 5) is 19.8. The maximum Gasteiger partial charge on any atom is 0.342 e. The van der Waals surface area contributed by atoms with Crippen LogP contribution in [0.15, 0.2) is 0 Å². The molecular formula is C5H9O5P. The molecule has 0 amide bonds. The van der Waals surface area contributed by atoms with Crippen LogP contribution in [0.25, 0.3) is 0 Å². The van der Waals surface area contributed by atoms with E-state index in [0.717, 1.165) is 7.11 Å². The molecule has 64 valence electrons. The monoisotopic (exact) mass is 180 g/mol. The lowest BCUT2D eigenvalue weighted by Gasteiger charge is -2.11. The first kappa shape index (κ1) is 8.71. The van der Waals surface area contributed by atoms with E-state index >= 15 is 0 Å². The van der Waals surface area contributed by atoms with Gasteiger partial charge in [-0.15, -0.1) is 0 Å². The topological polar surface area (TPSA) is 72.8 Å². The van der Waals surface area contributed by atoms with Gasteiger partial charge >= 0.3 is 13.6 Å². The molecule has 0 aliphatic carbocycles. The van der Waals surface area contributed by atoms with Gasteiger partial charge in [0.2, 0.25) is 0 Å². The summed E-state index contributed by atoms with van der Waals surface area (Å²) in [6.45, 7) is 0.206. The number of ether oxygens (including phenoxy) is 1. The first-order valence-electron chi connectivity index (χ1n) is 3.13. The molecule has 0 aromatic rings. The van der Waals surface area contributed by atoms with Crippen molar-refractivity contribution >= 4 is 13.6 Å². The van der Waals surface area contributed by atoms with Gasteiger partial charge < -0.3 is 14.2 Å². The Morgan fingerprint density at radius 1 is 1.82 bits per heavy atom. The molecule has 1 N–H and O–H groups in total.